The highest BCUT2D eigenvalue weighted by Gasteiger charge is 2.32. The van der Waals surface area contributed by atoms with Crippen molar-refractivity contribution in [1.29, 1.82) is 0 Å². The molecule has 4 rings (SSSR count). The first-order chi connectivity index (χ1) is 12.1. The van der Waals surface area contributed by atoms with Gasteiger partial charge in [-0.1, -0.05) is 29.5 Å². The molecule has 25 heavy (non-hydrogen) atoms. The van der Waals surface area contributed by atoms with Crippen LogP contribution in [0.2, 0.25) is 0 Å². The standard InChI is InChI=1S/C19H22N4O2/c1-19(8-4-10-25-19)11-15(24)12-23-13-17(21-22-23)16-7-2-5-14-6-3-9-20-18(14)16/h2-3,5-7,9,13,15,24H,4,8,10-12H2,1H3. The molecule has 0 radical (unpaired) electrons. The van der Waals surface area contributed by atoms with Crippen LogP contribution in [-0.4, -0.2) is 43.4 Å². The number of para-hydroxylation sites is 1. The van der Waals surface area contributed by atoms with E-state index in [1.165, 1.54) is 0 Å². The lowest BCUT2D eigenvalue weighted by atomic mass is 9.95. The third kappa shape index (κ3) is 3.41. The number of aliphatic hydroxyl groups is 1. The van der Waals surface area contributed by atoms with Crippen molar-refractivity contribution in [3.63, 3.8) is 0 Å². The quantitative estimate of drug-likeness (QED) is 0.774. The SMILES string of the molecule is CC1(CC(O)Cn2cc(-c3cccc4cccnc34)nn2)CCCO1. The van der Waals surface area contributed by atoms with Gasteiger partial charge in [-0.2, -0.15) is 0 Å². The smallest absolute Gasteiger partial charge is 0.115 e. The van der Waals surface area contributed by atoms with Crippen LogP contribution in [-0.2, 0) is 11.3 Å². The average molecular weight is 338 g/mol. The second-order valence-corrected chi connectivity index (χ2v) is 6.97. The van der Waals surface area contributed by atoms with E-state index in [1.807, 2.05) is 36.5 Å². The van der Waals surface area contributed by atoms with Crippen molar-refractivity contribution in [2.24, 2.45) is 0 Å². The number of rotatable bonds is 5. The van der Waals surface area contributed by atoms with E-state index in [-0.39, 0.29) is 5.60 Å². The van der Waals surface area contributed by atoms with E-state index in [0.717, 1.165) is 41.6 Å². The van der Waals surface area contributed by atoms with E-state index in [1.54, 1.807) is 10.9 Å². The first-order valence-electron chi connectivity index (χ1n) is 8.69. The van der Waals surface area contributed by atoms with Crippen LogP contribution in [0.5, 0.6) is 0 Å². The predicted octanol–water partition coefficient (Wildman–Crippen LogP) is 2.81. The molecule has 0 bridgehead atoms. The van der Waals surface area contributed by atoms with Gasteiger partial charge >= 0.3 is 0 Å². The maximum atomic E-state index is 10.4. The van der Waals surface area contributed by atoms with Crippen molar-refractivity contribution in [3.05, 3.63) is 42.7 Å². The Kier molecular flexibility index (Phi) is 4.23. The minimum absolute atomic E-state index is 0.220. The lowest BCUT2D eigenvalue weighted by molar-refractivity contribution is -0.0246. The lowest BCUT2D eigenvalue weighted by Gasteiger charge is -2.25. The number of nitrogens with zero attached hydrogens (tertiary/aromatic N) is 4. The van der Waals surface area contributed by atoms with Gasteiger partial charge in [-0.15, -0.1) is 5.10 Å². The molecule has 2 unspecified atom stereocenters. The van der Waals surface area contributed by atoms with Crippen molar-refractivity contribution in [3.8, 4) is 11.3 Å². The molecule has 1 aliphatic rings. The van der Waals surface area contributed by atoms with Gasteiger partial charge in [-0.05, 0) is 25.8 Å². The monoisotopic (exact) mass is 338 g/mol. The van der Waals surface area contributed by atoms with Gasteiger partial charge in [0.25, 0.3) is 0 Å². The molecule has 0 aliphatic carbocycles. The van der Waals surface area contributed by atoms with Crippen LogP contribution in [0.25, 0.3) is 22.2 Å². The summed E-state index contributed by atoms with van der Waals surface area (Å²) in [6.07, 6.45) is 5.80. The molecular formula is C19H22N4O2. The number of fused-ring (bicyclic) bond motifs is 1. The number of aromatic nitrogens is 4. The Balaban J connectivity index is 1.52. The van der Waals surface area contributed by atoms with Crippen LogP contribution in [0, 0.1) is 0 Å². The van der Waals surface area contributed by atoms with Crippen LogP contribution >= 0.6 is 0 Å². The molecule has 1 aliphatic heterocycles. The summed E-state index contributed by atoms with van der Waals surface area (Å²) in [6, 6.07) is 9.97. The summed E-state index contributed by atoms with van der Waals surface area (Å²) in [7, 11) is 0. The summed E-state index contributed by atoms with van der Waals surface area (Å²) in [4.78, 5) is 4.46. The van der Waals surface area contributed by atoms with Crippen LogP contribution in [0.15, 0.2) is 42.7 Å². The lowest BCUT2D eigenvalue weighted by Crippen LogP contribution is -2.31. The molecular weight excluding hydrogens is 316 g/mol. The fourth-order valence-corrected chi connectivity index (χ4v) is 3.60. The van der Waals surface area contributed by atoms with Crippen LogP contribution in [0.1, 0.15) is 26.2 Å². The molecule has 0 amide bonds. The van der Waals surface area contributed by atoms with E-state index in [4.69, 9.17) is 4.74 Å². The van der Waals surface area contributed by atoms with Gasteiger partial charge < -0.3 is 9.84 Å². The number of hydrogen-bond donors (Lipinski definition) is 1. The highest BCUT2D eigenvalue weighted by molar-refractivity contribution is 5.92. The molecule has 1 saturated heterocycles. The van der Waals surface area contributed by atoms with Crippen LogP contribution < -0.4 is 0 Å². The zero-order chi connectivity index (χ0) is 17.3. The predicted molar refractivity (Wildman–Crippen MR) is 95.0 cm³/mol. The summed E-state index contributed by atoms with van der Waals surface area (Å²) >= 11 is 0. The average Bonchev–Trinajstić information content (AvgIpc) is 3.23. The number of ether oxygens (including phenoxy) is 1. The molecule has 1 aromatic carbocycles. The topological polar surface area (TPSA) is 73.1 Å². The summed E-state index contributed by atoms with van der Waals surface area (Å²) in [5.74, 6) is 0. The highest BCUT2D eigenvalue weighted by Crippen LogP contribution is 2.30. The highest BCUT2D eigenvalue weighted by atomic mass is 16.5. The third-order valence-electron chi connectivity index (χ3n) is 4.81. The summed E-state index contributed by atoms with van der Waals surface area (Å²) in [6.45, 7) is 3.26. The molecule has 130 valence electrons. The molecule has 6 heteroatoms. The molecule has 2 atom stereocenters. The molecule has 0 spiro atoms. The maximum Gasteiger partial charge on any atom is 0.115 e. The van der Waals surface area contributed by atoms with Gasteiger partial charge in [0.2, 0.25) is 0 Å². The molecule has 1 N–H and O–H groups in total. The zero-order valence-corrected chi connectivity index (χ0v) is 14.3. The fourth-order valence-electron chi connectivity index (χ4n) is 3.60. The molecule has 0 saturated carbocycles. The second kappa shape index (κ2) is 6.54. The molecule has 3 heterocycles. The van der Waals surface area contributed by atoms with Gasteiger partial charge in [0.1, 0.15) is 5.69 Å². The van der Waals surface area contributed by atoms with Crippen molar-refractivity contribution in [1.82, 2.24) is 20.0 Å². The van der Waals surface area contributed by atoms with Gasteiger partial charge in [0, 0.05) is 30.2 Å². The summed E-state index contributed by atoms with van der Waals surface area (Å²) in [5, 5.41) is 19.9. The Morgan fingerprint density at radius 1 is 1.32 bits per heavy atom. The molecule has 3 aromatic rings. The van der Waals surface area contributed by atoms with E-state index in [9.17, 15) is 5.11 Å². The zero-order valence-electron chi connectivity index (χ0n) is 14.3. The first-order valence-corrected chi connectivity index (χ1v) is 8.69. The Morgan fingerprint density at radius 2 is 2.20 bits per heavy atom. The number of pyridine rings is 1. The van der Waals surface area contributed by atoms with Crippen molar-refractivity contribution in [2.45, 2.75) is 44.4 Å². The van der Waals surface area contributed by atoms with Gasteiger partial charge in [-0.25, -0.2) is 4.68 Å². The van der Waals surface area contributed by atoms with Crippen LogP contribution in [0.3, 0.4) is 0 Å². The summed E-state index contributed by atoms with van der Waals surface area (Å²) < 4.78 is 7.45. The maximum absolute atomic E-state index is 10.4. The van der Waals surface area contributed by atoms with Gasteiger partial charge in [0.05, 0.1) is 30.0 Å². The van der Waals surface area contributed by atoms with E-state index in [2.05, 4.69) is 22.2 Å². The third-order valence-corrected chi connectivity index (χ3v) is 4.81. The second-order valence-electron chi connectivity index (χ2n) is 6.97. The molecule has 2 aromatic heterocycles. The molecule has 1 fully saturated rings. The Bertz CT molecular complexity index is 865. The van der Waals surface area contributed by atoms with Gasteiger partial charge in [-0.3, -0.25) is 4.98 Å². The largest absolute Gasteiger partial charge is 0.391 e. The minimum atomic E-state index is -0.511. The van der Waals surface area contributed by atoms with E-state index < -0.39 is 6.10 Å². The first kappa shape index (κ1) is 16.2. The number of hydrogen-bond acceptors (Lipinski definition) is 5. The normalized spacial score (nSPS) is 21.7. The van der Waals surface area contributed by atoms with Gasteiger partial charge in [0.15, 0.2) is 0 Å². The van der Waals surface area contributed by atoms with Crippen molar-refractivity contribution >= 4 is 10.9 Å². The molecule has 6 nitrogen and oxygen atoms in total. The van der Waals surface area contributed by atoms with E-state index >= 15 is 0 Å². The number of aliphatic hydroxyl groups excluding tert-OH is 1. The number of benzene rings is 1. The van der Waals surface area contributed by atoms with Crippen LogP contribution in [0.4, 0.5) is 0 Å². The minimum Gasteiger partial charge on any atom is -0.391 e. The fraction of sp³-hybridized carbons (Fsp3) is 0.421. The van der Waals surface area contributed by atoms with Crippen molar-refractivity contribution in [2.75, 3.05) is 6.61 Å². The Morgan fingerprint density at radius 3 is 3.04 bits per heavy atom. The summed E-state index contributed by atoms with van der Waals surface area (Å²) in [5.41, 5.74) is 2.40. The van der Waals surface area contributed by atoms with Crippen molar-refractivity contribution < 1.29 is 9.84 Å². The van der Waals surface area contributed by atoms with E-state index in [0.29, 0.717) is 13.0 Å². The Labute approximate surface area is 146 Å². The Hall–Kier alpha value is -2.31.